The van der Waals surface area contributed by atoms with E-state index >= 15 is 0 Å². The molecule has 1 fully saturated rings. The molecule has 2 unspecified atom stereocenters. The summed E-state index contributed by atoms with van der Waals surface area (Å²) in [7, 11) is 0. The Morgan fingerprint density at radius 3 is 2.61 bits per heavy atom. The van der Waals surface area contributed by atoms with Gasteiger partial charge in [-0.2, -0.15) is 0 Å². The summed E-state index contributed by atoms with van der Waals surface area (Å²) >= 11 is 0. The summed E-state index contributed by atoms with van der Waals surface area (Å²) in [5.41, 5.74) is 1.25. The maximum Gasteiger partial charge on any atom is 0.315 e. The van der Waals surface area contributed by atoms with E-state index in [0.29, 0.717) is 13.0 Å². The lowest BCUT2D eigenvalue weighted by molar-refractivity contribution is 0.217. The zero-order valence-electron chi connectivity index (χ0n) is 14.0. The number of amides is 2. The van der Waals surface area contributed by atoms with Gasteiger partial charge >= 0.3 is 6.03 Å². The summed E-state index contributed by atoms with van der Waals surface area (Å²) in [6.45, 7) is 4.93. The van der Waals surface area contributed by atoms with Crippen LogP contribution >= 0.6 is 0 Å². The van der Waals surface area contributed by atoms with Crippen molar-refractivity contribution in [1.82, 2.24) is 15.5 Å². The van der Waals surface area contributed by atoms with Crippen LogP contribution in [0.15, 0.2) is 30.3 Å². The van der Waals surface area contributed by atoms with Crippen molar-refractivity contribution in [3.8, 4) is 0 Å². The summed E-state index contributed by atoms with van der Waals surface area (Å²) < 4.78 is 0. The Balaban J connectivity index is 1.87. The molecule has 0 spiro atoms. The molecule has 5 heteroatoms. The molecule has 2 amide bonds. The molecule has 2 atom stereocenters. The molecule has 1 saturated heterocycles. The van der Waals surface area contributed by atoms with Gasteiger partial charge in [-0.15, -0.1) is 0 Å². The van der Waals surface area contributed by atoms with E-state index in [1.807, 2.05) is 13.0 Å². The lowest BCUT2D eigenvalue weighted by Crippen LogP contribution is -2.44. The third kappa shape index (κ3) is 5.84. The second-order valence-electron chi connectivity index (χ2n) is 6.29. The number of nitrogens with one attached hydrogen (secondary N) is 2. The standard InChI is InChI=1S/C18H29N3O2/c1-15(8-7-13-22)20-18(23)19-14-17(21-11-5-6-12-21)16-9-3-2-4-10-16/h2-4,9-10,15,17,22H,5-8,11-14H2,1H3,(H2,19,20,23). The average molecular weight is 319 g/mol. The minimum absolute atomic E-state index is 0.0733. The topological polar surface area (TPSA) is 64.6 Å². The molecule has 128 valence electrons. The van der Waals surface area contributed by atoms with E-state index in [1.54, 1.807) is 0 Å². The molecule has 1 aliphatic heterocycles. The van der Waals surface area contributed by atoms with Crippen molar-refractivity contribution in [3.05, 3.63) is 35.9 Å². The molecule has 5 nitrogen and oxygen atoms in total. The lowest BCUT2D eigenvalue weighted by Gasteiger charge is -2.28. The average Bonchev–Trinajstić information content (AvgIpc) is 3.08. The molecule has 0 radical (unpaired) electrons. The fraction of sp³-hybridized carbons (Fsp3) is 0.611. The Hall–Kier alpha value is -1.59. The highest BCUT2D eigenvalue weighted by atomic mass is 16.3. The Morgan fingerprint density at radius 1 is 1.26 bits per heavy atom. The number of carbonyl (C=O) groups excluding carboxylic acids is 1. The van der Waals surface area contributed by atoms with Crippen molar-refractivity contribution in [2.24, 2.45) is 0 Å². The fourth-order valence-electron chi connectivity index (χ4n) is 3.12. The Labute approximate surface area is 139 Å². The van der Waals surface area contributed by atoms with Crippen LogP contribution in [-0.4, -0.2) is 48.3 Å². The van der Waals surface area contributed by atoms with Gasteiger partial charge in [-0.3, -0.25) is 4.90 Å². The fourth-order valence-corrected chi connectivity index (χ4v) is 3.12. The van der Waals surface area contributed by atoms with Crippen LogP contribution < -0.4 is 10.6 Å². The highest BCUT2D eigenvalue weighted by Gasteiger charge is 2.23. The lowest BCUT2D eigenvalue weighted by atomic mass is 10.1. The molecular weight excluding hydrogens is 290 g/mol. The minimum Gasteiger partial charge on any atom is -0.396 e. The normalized spacial score (nSPS) is 17.7. The van der Waals surface area contributed by atoms with E-state index in [1.165, 1.54) is 18.4 Å². The summed E-state index contributed by atoms with van der Waals surface area (Å²) in [4.78, 5) is 14.5. The van der Waals surface area contributed by atoms with Gasteiger partial charge in [-0.1, -0.05) is 30.3 Å². The van der Waals surface area contributed by atoms with Crippen LogP contribution in [0.5, 0.6) is 0 Å². The van der Waals surface area contributed by atoms with Crippen molar-refractivity contribution in [3.63, 3.8) is 0 Å². The summed E-state index contributed by atoms with van der Waals surface area (Å²) in [5, 5.41) is 14.8. The van der Waals surface area contributed by atoms with Crippen LogP contribution in [-0.2, 0) is 0 Å². The number of hydrogen-bond acceptors (Lipinski definition) is 3. The van der Waals surface area contributed by atoms with Crippen molar-refractivity contribution in [2.45, 2.75) is 44.7 Å². The number of urea groups is 1. The number of carbonyl (C=O) groups is 1. The van der Waals surface area contributed by atoms with E-state index in [4.69, 9.17) is 5.11 Å². The highest BCUT2D eigenvalue weighted by Crippen LogP contribution is 2.24. The molecule has 0 aliphatic carbocycles. The number of aliphatic hydroxyl groups excluding tert-OH is 1. The Morgan fingerprint density at radius 2 is 1.96 bits per heavy atom. The second-order valence-corrected chi connectivity index (χ2v) is 6.29. The SMILES string of the molecule is CC(CCCO)NC(=O)NCC(c1ccccc1)N1CCCC1. The van der Waals surface area contributed by atoms with Gasteiger partial charge in [0.1, 0.15) is 0 Å². The first-order chi connectivity index (χ1) is 11.2. The van der Waals surface area contributed by atoms with Crippen molar-refractivity contribution >= 4 is 6.03 Å². The Kier molecular flexibility index (Phi) is 7.36. The van der Waals surface area contributed by atoms with E-state index in [9.17, 15) is 4.79 Å². The maximum absolute atomic E-state index is 12.1. The van der Waals surface area contributed by atoms with E-state index in [2.05, 4.69) is 39.8 Å². The van der Waals surface area contributed by atoms with Gasteiger partial charge in [-0.05, 0) is 51.3 Å². The van der Waals surface area contributed by atoms with Gasteiger partial charge in [0.05, 0.1) is 6.04 Å². The number of nitrogens with zero attached hydrogens (tertiary/aromatic N) is 1. The molecule has 0 bridgehead atoms. The molecule has 1 aromatic carbocycles. The predicted molar refractivity (Wildman–Crippen MR) is 92.3 cm³/mol. The van der Waals surface area contributed by atoms with Crippen molar-refractivity contribution < 1.29 is 9.90 Å². The smallest absolute Gasteiger partial charge is 0.315 e. The number of aliphatic hydroxyl groups is 1. The van der Waals surface area contributed by atoms with Gasteiger partial charge in [0, 0.05) is 19.2 Å². The second kappa shape index (κ2) is 9.53. The molecule has 3 N–H and O–H groups in total. The first kappa shape index (κ1) is 17.8. The van der Waals surface area contributed by atoms with Gasteiger partial charge in [0.25, 0.3) is 0 Å². The van der Waals surface area contributed by atoms with Gasteiger partial charge in [0.2, 0.25) is 0 Å². The van der Waals surface area contributed by atoms with Gasteiger partial charge in [0.15, 0.2) is 0 Å². The molecule has 0 aromatic heterocycles. The Bertz CT molecular complexity index is 461. The maximum atomic E-state index is 12.1. The highest BCUT2D eigenvalue weighted by molar-refractivity contribution is 5.74. The zero-order valence-corrected chi connectivity index (χ0v) is 14.0. The van der Waals surface area contributed by atoms with Crippen LogP contribution in [0.4, 0.5) is 4.79 Å². The summed E-state index contributed by atoms with van der Waals surface area (Å²) in [6, 6.07) is 10.6. The molecule has 2 rings (SSSR count). The van der Waals surface area contributed by atoms with Crippen LogP contribution in [0.25, 0.3) is 0 Å². The van der Waals surface area contributed by atoms with Crippen LogP contribution in [0, 0.1) is 0 Å². The molecular formula is C18H29N3O2. The first-order valence-electron chi connectivity index (χ1n) is 8.65. The van der Waals surface area contributed by atoms with Crippen molar-refractivity contribution in [2.75, 3.05) is 26.2 Å². The minimum atomic E-state index is -0.129. The summed E-state index contributed by atoms with van der Waals surface area (Å²) in [5.74, 6) is 0. The van der Waals surface area contributed by atoms with E-state index < -0.39 is 0 Å². The number of hydrogen-bond donors (Lipinski definition) is 3. The first-order valence-corrected chi connectivity index (χ1v) is 8.65. The molecule has 1 heterocycles. The largest absolute Gasteiger partial charge is 0.396 e. The zero-order chi connectivity index (χ0) is 16.5. The third-order valence-electron chi connectivity index (χ3n) is 4.39. The quantitative estimate of drug-likeness (QED) is 0.689. The number of likely N-dealkylation sites (tertiary alicyclic amines) is 1. The molecule has 0 saturated carbocycles. The van der Waals surface area contributed by atoms with Crippen molar-refractivity contribution in [1.29, 1.82) is 0 Å². The van der Waals surface area contributed by atoms with Gasteiger partial charge in [-0.25, -0.2) is 4.79 Å². The molecule has 1 aromatic rings. The number of benzene rings is 1. The third-order valence-corrected chi connectivity index (χ3v) is 4.39. The van der Waals surface area contributed by atoms with Crippen LogP contribution in [0.1, 0.15) is 44.2 Å². The number of rotatable bonds is 8. The predicted octanol–water partition coefficient (Wildman–Crippen LogP) is 2.28. The van der Waals surface area contributed by atoms with Gasteiger partial charge < -0.3 is 15.7 Å². The van der Waals surface area contributed by atoms with E-state index in [0.717, 1.165) is 19.5 Å². The van der Waals surface area contributed by atoms with Crippen LogP contribution in [0.3, 0.4) is 0 Å². The van der Waals surface area contributed by atoms with E-state index in [-0.39, 0.29) is 24.7 Å². The molecule has 1 aliphatic rings. The monoisotopic (exact) mass is 319 g/mol. The molecule has 23 heavy (non-hydrogen) atoms. The van der Waals surface area contributed by atoms with Crippen LogP contribution in [0.2, 0.25) is 0 Å². The summed E-state index contributed by atoms with van der Waals surface area (Å²) in [6.07, 6.45) is 3.96.